The molecule has 0 aliphatic carbocycles. The van der Waals surface area contributed by atoms with Crippen LogP contribution in [0.25, 0.3) is 0 Å². The van der Waals surface area contributed by atoms with Gasteiger partial charge in [-0.05, 0) is 35.2 Å². The van der Waals surface area contributed by atoms with Gasteiger partial charge in [0.15, 0.2) is 0 Å². The van der Waals surface area contributed by atoms with Crippen LogP contribution in [0, 0.1) is 0 Å². The van der Waals surface area contributed by atoms with Crippen molar-refractivity contribution >= 4 is 23.4 Å². The van der Waals surface area contributed by atoms with Crippen LogP contribution in [0.4, 0.5) is 5.69 Å². The molecule has 0 radical (unpaired) electrons. The first-order valence-corrected chi connectivity index (χ1v) is 9.20. The Bertz CT molecular complexity index is 959. The first-order chi connectivity index (χ1) is 13.6. The Morgan fingerprint density at radius 3 is 2.89 bits per heavy atom. The van der Waals surface area contributed by atoms with Crippen LogP contribution in [0.2, 0.25) is 0 Å². The van der Waals surface area contributed by atoms with Crippen LogP contribution in [0.3, 0.4) is 0 Å². The third kappa shape index (κ3) is 3.34. The molecule has 2 aliphatic rings. The number of nitrogens with one attached hydrogen (secondary N) is 2. The summed E-state index contributed by atoms with van der Waals surface area (Å²) >= 11 is 0. The largest absolute Gasteiger partial charge is 0.379 e. The maximum atomic E-state index is 12.7. The van der Waals surface area contributed by atoms with Crippen molar-refractivity contribution in [1.29, 1.82) is 0 Å². The number of benzene rings is 1. The molecule has 1 atom stereocenters. The van der Waals surface area contributed by atoms with Crippen molar-refractivity contribution < 1.29 is 14.4 Å². The number of hydrogen-bond acceptors (Lipinski definition) is 6. The van der Waals surface area contributed by atoms with Crippen LogP contribution < -0.4 is 16.4 Å². The standard InChI is InChI=1S/C20H21N5O3/c21-8-13-5-6-22-10-16(13)23-9-12-1-2-15-14(7-12)11-25(20(15)28)17-3-4-18(26)24-19(17)27/h1-2,5-7,10,17,23H,3-4,8-9,11,21H2,(H,24,26,27). The van der Waals surface area contributed by atoms with Gasteiger partial charge in [-0.3, -0.25) is 24.7 Å². The van der Waals surface area contributed by atoms with Gasteiger partial charge >= 0.3 is 0 Å². The minimum Gasteiger partial charge on any atom is -0.379 e. The number of imide groups is 1. The smallest absolute Gasteiger partial charge is 0.255 e. The Labute approximate surface area is 162 Å². The summed E-state index contributed by atoms with van der Waals surface area (Å²) in [5, 5.41) is 5.64. The molecule has 1 aromatic heterocycles. The van der Waals surface area contributed by atoms with Crippen LogP contribution in [-0.2, 0) is 29.2 Å². The number of pyridine rings is 1. The van der Waals surface area contributed by atoms with Crippen molar-refractivity contribution in [2.75, 3.05) is 5.32 Å². The van der Waals surface area contributed by atoms with E-state index in [2.05, 4.69) is 15.6 Å². The Morgan fingerprint density at radius 1 is 1.25 bits per heavy atom. The van der Waals surface area contributed by atoms with Crippen LogP contribution in [0.5, 0.6) is 0 Å². The van der Waals surface area contributed by atoms with E-state index < -0.39 is 11.9 Å². The predicted molar refractivity (Wildman–Crippen MR) is 102 cm³/mol. The molecule has 2 aromatic rings. The summed E-state index contributed by atoms with van der Waals surface area (Å²) in [6.45, 7) is 1.36. The zero-order valence-corrected chi connectivity index (χ0v) is 15.3. The van der Waals surface area contributed by atoms with Crippen LogP contribution in [-0.4, -0.2) is 33.6 Å². The monoisotopic (exact) mass is 379 g/mol. The second kappa shape index (κ2) is 7.40. The first kappa shape index (κ1) is 18.1. The summed E-state index contributed by atoms with van der Waals surface area (Å²) in [6.07, 6.45) is 4.06. The number of fused-ring (bicyclic) bond motifs is 1. The lowest BCUT2D eigenvalue weighted by Gasteiger charge is -2.29. The van der Waals surface area contributed by atoms with Crippen molar-refractivity contribution in [2.45, 2.75) is 38.5 Å². The van der Waals surface area contributed by atoms with Gasteiger partial charge in [-0.2, -0.15) is 0 Å². The topological polar surface area (TPSA) is 117 Å². The highest BCUT2D eigenvalue weighted by Crippen LogP contribution is 2.28. The van der Waals surface area contributed by atoms with Crippen LogP contribution in [0.1, 0.15) is 39.9 Å². The first-order valence-electron chi connectivity index (χ1n) is 9.20. The maximum absolute atomic E-state index is 12.7. The number of hydrogen-bond donors (Lipinski definition) is 3. The highest BCUT2D eigenvalue weighted by Gasteiger charge is 2.38. The van der Waals surface area contributed by atoms with Gasteiger partial charge in [0.1, 0.15) is 6.04 Å². The molecule has 0 saturated carbocycles. The van der Waals surface area contributed by atoms with Crippen molar-refractivity contribution in [3.05, 3.63) is 58.9 Å². The number of anilines is 1. The van der Waals surface area contributed by atoms with Crippen molar-refractivity contribution in [3.63, 3.8) is 0 Å². The molecule has 1 aromatic carbocycles. The number of nitrogens with zero attached hydrogens (tertiary/aromatic N) is 2. The number of piperidine rings is 1. The van der Waals surface area contributed by atoms with Crippen LogP contribution >= 0.6 is 0 Å². The number of nitrogens with two attached hydrogens (primary N) is 1. The zero-order chi connectivity index (χ0) is 19.7. The molecular weight excluding hydrogens is 358 g/mol. The normalized spacial score (nSPS) is 18.8. The maximum Gasteiger partial charge on any atom is 0.255 e. The number of rotatable bonds is 5. The van der Waals surface area contributed by atoms with E-state index in [1.165, 1.54) is 0 Å². The number of carbonyl (C=O) groups is 3. The molecule has 4 N–H and O–H groups in total. The molecule has 0 spiro atoms. The van der Waals surface area contributed by atoms with E-state index in [-0.39, 0.29) is 18.2 Å². The van der Waals surface area contributed by atoms with Gasteiger partial charge in [-0.1, -0.05) is 12.1 Å². The fraction of sp³-hybridized carbons (Fsp3) is 0.300. The van der Waals surface area contributed by atoms with Gasteiger partial charge < -0.3 is 16.0 Å². The van der Waals surface area contributed by atoms with Crippen molar-refractivity contribution in [1.82, 2.24) is 15.2 Å². The molecule has 0 bridgehead atoms. The SMILES string of the molecule is NCc1ccncc1NCc1ccc2c(c1)CN(C1CCC(=O)NC1=O)C2=O. The molecule has 4 rings (SSSR count). The molecule has 8 nitrogen and oxygen atoms in total. The summed E-state index contributed by atoms with van der Waals surface area (Å²) in [4.78, 5) is 41.9. The molecule has 1 saturated heterocycles. The quantitative estimate of drug-likeness (QED) is 0.665. The third-order valence-corrected chi connectivity index (χ3v) is 5.20. The molecule has 28 heavy (non-hydrogen) atoms. The number of carbonyl (C=O) groups excluding carboxylic acids is 3. The summed E-state index contributed by atoms with van der Waals surface area (Å²) in [6, 6.07) is 6.96. The van der Waals surface area contributed by atoms with E-state index in [1.807, 2.05) is 18.2 Å². The van der Waals surface area contributed by atoms with E-state index >= 15 is 0 Å². The lowest BCUT2D eigenvalue weighted by molar-refractivity contribution is -0.136. The fourth-order valence-corrected chi connectivity index (χ4v) is 3.70. The predicted octanol–water partition coefficient (Wildman–Crippen LogP) is 0.913. The second-order valence-corrected chi connectivity index (χ2v) is 6.98. The highest BCUT2D eigenvalue weighted by molar-refractivity contribution is 6.05. The summed E-state index contributed by atoms with van der Waals surface area (Å²) in [5.41, 5.74) is 10.1. The van der Waals surface area contributed by atoms with Crippen LogP contribution in [0.15, 0.2) is 36.7 Å². The summed E-state index contributed by atoms with van der Waals surface area (Å²) in [7, 11) is 0. The Balaban J connectivity index is 1.48. The minimum atomic E-state index is -0.596. The second-order valence-electron chi connectivity index (χ2n) is 6.98. The third-order valence-electron chi connectivity index (χ3n) is 5.20. The zero-order valence-electron chi connectivity index (χ0n) is 15.3. The molecule has 144 valence electrons. The molecular formula is C20H21N5O3. The van der Waals surface area contributed by atoms with Gasteiger partial charge in [0.05, 0.1) is 11.9 Å². The van der Waals surface area contributed by atoms with Gasteiger partial charge in [0.2, 0.25) is 11.8 Å². The molecule has 1 unspecified atom stereocenters. The Morgan fingerprint density at radius 2 is 2.11 bits per heavy atom. The minimum absolute atomic E-state index is 0.165. The van der Waals surface area contributed by atoms with E-state index in [0.29, 0.717) is 31.6 Å². The number of amides is 3. The number of aromatic nitrogens is 1. The van der Waals surface area contributed by atoms with Crippen molar-refractivity contribution in [3.8, 4) is 0 Å². The average molecular weight is 379 g/mol. The van der Waals surface area contributed by atoms with E-state index in [9.17, 15) is 14.4 Å². The average Bonchev–Trinajstić information content (AvgIpc) is 3.02. The lowest BCUT2D eigenvalue weighted by Crippen LogP contribution is -2.52. The van der Waals surface area contributed by atoms with Gasteiger partial charge in [-0.25, -0.2) is 0 Å². The summed E-state index contributed by atoms with van der Waals surface area (Å²) in [5.74, 6) is -0.849. The molecule has 3 heterocycles. The molecule has 3 amide bonds. The summed E-state index contributed by atoms with van der Waals surface area (Å²) < 4.78 is 0. The van der Waals surface area contributed by atoms with E-state index in [4.69, 9.17) is 5.73 Å². The van der Waals surface area contributed by atoms with E-state index in [0.717, 1.165) is 22.4 Å². The Kier molecular flexibility index (Phi) is 4.79. The molecule has 1 fully saturated rings. The van der Waals surface area contributed by atoms with Crippen molar-refractivity contribution in [2.24, 2.45) is 5.73 Å². The highest BCUT2D eigenvalue weighted by atomic mass is 16.2. The lowest BCUT2D eigenvalue weighted by atomic mass is 10.0. The van der Waals surface area contributed by atoms with Gasteiger partial charge in [0.25, 0.3) is 5.91 Å². The van der Waals surface area contributed by atoms with E-state index in [1.54, 1.807) is 23.4 Å². The molecule has 2 aliphatic heterocycles. The Hall–Kier alpha value is -3.26. The van der Waals surface area contributed by atoms with Gasteiger partial charge in [-0.15, -0.1) is 0 Å². The fourth-order valence-electron chi connectivity index (χ4n) is 3.70. The van der Waals surface area contributed by atoms with Gasteiger partial charge in [0, 0.05) is 37.8 Å². The molecule has 8 heteroatoms.